The van der Waals surface area contributed by atoms with Crippen molar-refractivity contribution in [2.45, 2.75) is 6.92 Å². The number of aryl methyl sites for hydroxylation is 1. The van der Waals surface area contributed by atoms with Crippen molar-refractivity contribution in [3.63, 3.8) is 0 Å². The van der Waals surface area contributed by atoms with Crippen LogP contribution in [0, 0.1) is 6.92 Å². The zero-order valence-electron chi connectivity index (χ0n) is 9.56. The molecule has 0 aliphatic heterocycles. The highest BCUT2D eigenvalue weighted by Crippen LogP contribution is 2.21. The minimum Gasteiger partial charge on any atom is -0.484 e. The highest BCUT2D eigenvalue weighted by Gasteiger charge is 2.08. The molecule has 0 radical (unpaired) electrons. The predicted molar refractivity (Wildman–Crippen MR) is 72.2 cm³/mol. The zero-order chi connectivity index (χ0) is 13.1. The monoisotopic (exact) mass is 328 g/mol. The summed E-state index contributed by atoms with van der Waals surface area (Å²) in [6.07, 6.45) is 3.13. The molecule has 0 aliphatic rings. The number of rotatable bonds is 3. The summed E-state index contributed by atoms with van der Waals surface area (Å²) in [4.78, 5) is 11.7. The van der Waals surface area contributed by atoms with Crippen LogP contribution >= 0.6 is 27.5 Å². The van der Waals surface area contributed by atoms with E-state index in [1.165, 1.54) is 4.68 Å². The molecule has 2 aromatic rings. The van der Waals surface area contributed by atoms with Gasteiger partial charge in [-0.1, -0.05) is 11.6 Å². The van der Waals surface area contributed by atoms with Gasteiger partial charge >= 0.3 is 0 Å². The van der Waals surface area contributed by atoms with Crippen molar-refractivity contribution >= 4 is 33.4 Å². The van der Waals surface area contributed by atoms with Gasteiger partial charge in [0.25, 0.3) is 5.91 Å². The third-order valence-electron chi connectivity index (χ3n) is 2.30. The van der Waals surface area contributed by atoms with Crippen molar-refractivity contribution in [1.82, 2.24) is 9.78 Å². The summed E-state index contributed by atoms with van der Waals surface area (Å²) >= 11 is 9.12. The van der Waals surface area contributed by atoms with Crippen molar-refractivity contribution in [1.29, 1.82) is 0 Å². The van der Waals surface area contributed by atoms with E-state index in [0.717, 1.165) is 10.0 Å². The van der Waals surface area contributed by atoms with E-state index in [4.69, 9.17) is 16.3 Å². The van der Waals surface area contributed by atoms with E-state index in [9.17, 15) is 4.79 Å². The van der Waals surface area contributed by atoms with E-state index < -0.39 is 0 Å². The first-order valence-electron chi connectivity index (χ1n) is 5.18. The Bertz CT molecular complexity index is 583. The maximum absolute atomic E-state index is 11.7. The molecule has 1 aromatic heterocycles. The second-order valence-electron chi connectivity index (χ2n) is 3.70. The van der Waals surface area contributed by atoms with Crippen LogP contribution in [-0.4, -0.2) is 22.3 Å². The number of hydrogen-bond donors (Lipinski definition) is 0. The molecule has 0 bridgehead atoms. The van der Waals surface area contributed by atoms with Crippen molar-refractivity contribution < 1.29 is 9.53 Å². The van der Waals surface area contributed by atoms with E-state index >= 15 is 0 Å². The standard InChI is InChI=1S/C12H10BrClN2O2/c1-8-4-10(2-3-11(8)14)18-7-12(17)16-6-9(13)5-15-16/h2-6H,7H2,1H3. The van der Waals surface area contributed by atoms with Crippen molar-refractivity contribution in [2.75, 3.05) is 6.61 Å². The topological polar surface area (TPSA) is 44.1 Å². The van der Waals surface area contributed by atoms with Gasteiger partial charge in [-0.3, -0.25) is 4.79 Å². The Hall–Kier alpha value is -1.33. The van der Waals surface area contributed by atoms with Gasteiger partial charge < -0.3 is 4.74 Å². The van der Waals surface area contributed by atoms with E-state index in [-0.39, 0.29) is 12.5 Å². The van der Waals surface area contributed by atoms with Crippen LogP contribution in [0.5, 0.6) is 5.75 Å². The van der Waals surface area contributed by atoms with E-state index in [1.54, 1.807) is 30.6 Å². The molecule has 0 unspecified atom stereocenters. The number of benzene rings is 1. The van der Waals surface area contributed by atoms with Crippen LogP contribution in [0.3, 0.4) is 0 Å². The van der Waals surface area contributed by atoms with Crippen LogP contribution in [0.1, 0.15) is 10.4 Å². The second-order valence-corrected chi connectivity index (χ2v) is 5.02. The van der Waals surface area contributed by atoms with Crippen molar-refractivity contribution in [2.24, 2.45) is 0 Å². The summed E-state index contributed by atoms with van der Waals surface area (Å²) in [6.45, 7) is 1.80. The first-order valence-corrected chi connectivity index (χ1v) is 6.35. The highest BCUT2D eigenvalue weighted by atomic mass is 79.9. The minimum atomic E-state index is -0.242. The Morgan fingerprint density at radius 1 is 1.56 bits per heavy atom. The van der Waals surface area contributed by atoms with Gasteiger partial charge in [0.1, 0.15) is 5.75 Å². The van der Waals surface area contributed by atoms with Gasteiger partial charge in [0.15, 0.2) is 6.61 Å². The van der Waals surface area contributed by atoms with E-state index in [2.05, 4.69) is 21.0 Å². The molecule has 1 aromatic carbocycles. The van der Waals surface area contributed by atoms with Gasteiger partial charge in [-0.25, -0.2) is 4.68 Å². The van der Waals surface area contributed by atoms with Gasteiger partial charge in [-0.05, 0) is 46.6 Å². The van der Waals surface area contributed by atoms with Crippen molar-refractivity contribution in [3.8, 4) is 5.75 Å². The predicted octanol–water partition coefficient (Wildman–Crippen LogP) is 3.33. The lowest BCUT2D eigenvalue weighted by molar-refractivity contribution is 0.0821. The van der Waals surface area contributed by atoms with Crippen LogP contribution in [-0.2, 0) is 0 Å². The van der Waals surface area contributed by atoms with Gasteiger partial charge in [-0.2, -0.15) is 5.10 Å². The Morgan fingerprint density at radius 3 is 2.94 bits per heavy atom. The number of carbonyl (C=O) groups is 1. The van der Waals surface area contributed by atoms with Gasteiger partial charge in [0.05, 0.1) is 10.7 Å². The molecule has 18 heavy (non-hydrogen) atoms. The number of nitrogens with zero attached hydrogens (tertiary/aromatic N) is 2. The van der Waals surface area contributed by atoms with E-state index in [1.807, 2.05) is 6.92 Å². The second kappa shape index (κ2) is 5.54. The van der Waals surface area contributed by atoms with Crippen LogP contribution in [0.4, 0.5) is 0 Å². The van der Waals surface area contributed by atoms with Gasteiger partial charge in [-0.15, -0.1) is 0 Å². The Kier molecular flexibility index (Phi) is 4.04. The number of hydrogen-bond acceptors (Lipinski definition) is 3. The molecule has 2 rings (SSSR count). The first-order chi connectivity index (χ1) is 8.56. The lowest BCUT2D eigenvalue weighted by Crippen LogP contribution is -2.19. The number of aromatic nitrogens is 2. The third-order valence-corrected chi connectivity index (χ3v) is 3.13. The summed E-state index contributed by atoms with van der Waals surface area (Å²) in [5, 5.41) is 4.55. The van der Waals surface area contributed by atoms with Crippen LogP contribution in [0.15, 0.2) is 35.1 Å². The molecule has 0 saturated heterocycles. The van der Waals surface area contributed by atoms with Gasteiger partial charge in [0, 0.05) is 11.2 Å². The van der Waals surface area contributed by atoms with Crippen molar-refractivity contribution in [3.05, 3.63) is 45.7 Å². The summed E-state index contributed by atoms with van der Waals surface area (Å²) in [6, 6.07) is 5.25. The number of halogens is 2. The average Bonchev–Trinajstić information content (AvgIpc) is 2.77. The fourth-order valence-electron chi connectivity index (χ4n) is 1.36. The average molecular weight is 330 g/mol. The molecule has 0 saturated carbocycles. The number of carbonyl (C=O) groups excluding carboxylic acids is 1. The van der Waals surface area contributed by atoms with Gasteiger partial charge in [0.2, 0.25) is 0 Å². The molecule has 0 fully saturated rings. The maximum Gasteiger partial charge on any atom is 0.284 e. The smallest absolute Gasteiger partial charge is 0.284 e. The highest BCUT2D eigenvalue weighted by molar-refractivity contribution is 9.10. The zero-order valence-corrected chi connectivity index (χ0v) is 11.9. The molecule has 1 heterocycles. The van der Waals surface area contributed by atoms with Crippen LogP contribution in [0.2, 0.25) is 5.02 Å². The summed E-state index contributed by atoms with van der Waals surface area (Å²) in [5.74, 6) is 0.366. The molecule has 0 aliphatic carbocycles. The summed E-state index contributed by atoms with van der Waals surface area (Å²) in [5.41, 5.74) is 0.906. The lowest BCUT2D eigenvalue weighted by Gasteiger charge is -2.06. The lowest BCUT2D eigenvalue weighted by atomic mass is 10.2. The summed E-state index contributed by atoms with van der Waals surface area (Å²) < 4.78 is 7.36. The molecule has 0 amide bonds. The molecule has 0 atom stereocenters. The largest absolute Gasteiger partial charge is 0.484 e. The molecule has 6 heteroatoms. The maximum atomic E-state index is 11.7. The van der Waals surface area contributed by atoms with Crippen LogP contribution in [0.25, 0.3) is 0 Å². The molecular formula is C12H10BrClN2O2. The molecule has 0 N–H and O–H groups in total. The SMILES string of the molecule is Cc1cc(OCC(=O)n2cc(Br)cn2)ccc1Cl. The van der Waals surface area contributed by atoms with E-state index in [0.29, 0.717) is 10.8 Å². The minimum absolute atomic E-state index is 0.0742. The summed E-state index contributed by atoms with van der Waals surface area (Å²) in [7, 11) is 0. The third kappa shape index (κ3) is 3.11. The molecule has 94 valence electrons. The number of ether oxygens (including phenoxy) is 1. The Morgan fingerprint density at radius 2 is 2.33 bits per heavy atom. The fraction of sp³-hybridized carbons (Fsp3) is 0.167. The molecule has 0 spiro atoms. The molecule has 4 nitrogen and oxygen atoms in total. The van der Waals surface area contributed by atoms with Crippen LogP contribution < -0.4 is 4.74 Å². The molecular weight excluding hydrogens is 320 g/mol. The normalized spacial score (nSPS) is 10.4. The fourth-order valence-corrected chi connectivity index (χ4v) is 1.76. The quantitative estimate of drug-likeness (QED) is 0.867. The first kappa shape index (κ1) is 13.1. The Labute approximate surface area is 118 Å². The Balaban J connectivity index is 1.99.